The summed E-state index contributed by atoms with van der Waals surface area (Å²) in [6.07, 6.45) is 3.37. The van der Waals surface area contributed by atoms with Gasteiger partial charge in [-0.15, -0.1) is 0 Å². The minimum Gasteiger partial charge on any atom is -0.314 e. The molecule has 98 valence electrons. The number of likely N-dealkylation sites (N-methyl/N-ethyl adjacent to an activating group) is 1. The number of hydrogen-bond donors (Lipinski definition) is 1. The first-order valence-electron chi connectivity index (χ1n) is 5.44. The highest BCUT2D eigenvalue weighted by Crippen LogP contribution is 2.02. The van der Waals surface area contributed by atoms with Gasteiger partial charge in [0.25, 0.3) is 0 Å². The minimum absolute atomic E-state index is 0.219. The fourth-order valence-electron chi connectivity index (χ4n) is 1.23. The van der Waals surface area contributed by atoms with Gasteiger partial charge in [-0.2, -0.15) is 11.8 Å². The predicted molar refractivity (Wildman–Crippen MR) is 73.1 cm³/mol. The van der Waals surface area contributed by atoms with Crippen molar-refractivity contribution in [2.75, 3.05) is 50.7 Å². The van der Waals surface area contributed by atoms with Gasteiger partial charge in [-0.25, -0.2) is 8.42 Å². The summed E-state index contributed by atoms with van der Waals surface area (Å²) in [5.74, 6) is 1.34. The van der Waals surface area contributed by atoms with Crippen LogP contribution in [0.25, 0.3) is 0 Å². The molecule has 1 unspecified atom stereocenters. The Hall–Kier alpha value is 0.220. The Morgan fingerprint density at radius 3 is 2.50 bits per heavy atom. The van der Waals surface area contributed by atoms with Gasteiger partial charge in [-0.1, -0.05) is 0 Å². The van der Waals surface area contributed by atoms with Crippen molar-refractivity contribution in [1.82, 2.24) is 10.2 Å². The van der Waals surface area contributed by atoms with Crippen LogP contribution in [0.4, 0.5) is 0 Å². The molecule has 4 nitrogen and oxygen atoms in total. The highest BCUT2D eigenvalue weighted by Gasteiger charge is 2.07. The summed E-state index contributed by atoms with van der Waals surface area (Å²) in [6.45, 7) is 4.53. The lowest BCUT2D eigenvalue weighted by atomic mass is 10.3. The van der Waals surface area contributed by atoms with E-state index in [-0.39, 0.29) is 5.75 Å². The molecule has 0 aromatic heterocycles. The lowest BCUT2D eigenvalue weighted by molar-refractivity contribution is 0.278. The zero-order valence-electron chi connectivity index (χ0n) is 10.7. The van der Waals surface area contributed by atoms with Gasteiger partial charge in [-0.05, 0) is 20.2 Å². The first-order valence-corrected chi connectivity index (χ1v) is 8.90. The van der Waals surface area contributed by atoms with E-state index in [9.17, 15) is 8.42 Å². The Bertz CT molecular complexity index is 268. The van der Waals surface area contributed by atoms with Gasteiger partial charge in [0.05, 0.1) is 5.75 Å². The molecule has 1 atom stereocenters. The van der Waals surface area contributed by atoms with E-state index in [1.165, 1.54) is 6.26 Å². The number of hydrogen-bond acceptors (Lipinski definition) is 5. The maximum atomic E-state index is 10.9. The molecule has 0 amide bonds. The summed E-state index contributed by atoms with van der Waals surface area (Å²) in [5, 5.41) is 3.14. The van der Waals surface area contributed by atoms with Crippen molar-refractivity contribution >= 4 is 21.6 Å². The number of sulfone groups is 1. The molecule has 0 radical (unpaired) electrons. The van der Waals surface area contributed by atoms with E-state index in [0.29, 0.717) is 12.6 Å². The van der Waals surface area contributed by atoms with Gasteiger partial charge in [-0.3, -0.25) is 0 Å². The van der Waals surface area contributed by atoms with Gasteiger partial charge in [0.15, 0.2) is 0 Å². The normalized spacial score (nSPS) is 14.3. The molecular formula is C10H24N2O2S2. The van der Waals surface area contributed by atoms with E-state index in [1.54, 1.807) is 0 Å². The van der Waals surface area contributed by atoms with Crippen molar-refractivity contribution in [2.24, 2.45) is 0 Å². The van der Waals surface area contributed by atoms with E-state index >= 15 is 0 Å². The molecule has 0 saturated carbocycles. The second-order valence-electron chi connectivity index (χ2n) is 4.16. The summed E-state index contributed by atoms with van der Waals surface area (Å²) >= 11 is 1.84. The van der Waals surface area contributed by atoms with E-state index in [0.717, 1.165) is 18.8 Å². The molecule has 0 rings (SSSR count). The summed E-state index contributed by atoms with van der Waals surface area (Å²) in [7, 11) is -0.733. The molecule has 0 aliphatic heterocycles. The average molecular weight is 268 g/mol. The van der Waals surface area contributed by atoms with Crippen LogP contribution < -0.4 is 5.32 Å². The molecule has 0 aromatic rings. The topological polar surface area (TPSA) is 49.4 Å². The molecule has 0 aliphatic carbocycles. The highest BCUT2D eigenvalue weighted by molar-refractivity contribution is 7.98. The lowest BCUT2D eigenvalue weighted by Gasteiger charge is -2.23. The Balaban J connectivity index is 3.51. The number of thioether (sulfide) groups is 1. The van der Waals surface area contributed by atoms with Crippen molar-refractivity contribution in [3.05, 3.63) is 0 Å². The third-order valence-electron chi connectivity index (χ3n) is 2.45. The first kappa shape index (κ1) is 16.2. The lowest BCUT2D eigenvalue weighted by Crippen LogP contribution is -2.37. The monoisotopic (exact) mass is 268 g/mol. The SMILES string of the molecule is CSCC(C)N(C)CCNCCS(C)(=O)=O. The molecule has 16 heavy (non-hydrogen) atoms. The first-order chi connectivity index (χ1) is 7.37. The summed E-state index contributed by atoms with van der Waals surface area (Å²) in [5.41, 5.74) is 0. The van der Waals surface area contributed by atoms with Gasteiger partial charge in [0.2, 0.25) is 0 Å². The van der Waals surface area contributed by atoms with E-state index in [1.807, 2.05) is 11.8 Å². The van der Waals surface area contributed by atoms with Crippen LogP contribution in [0.15, 0.2) is 0 Å². The fourth-order valence-corrected chi connectivity index (χ4v) is 2.48. The maximum absolute atomic E-state index is 10.9. The van der Waals surface area contributed by atoms with Crippen LogP contribution in [0.3, 0.4) is 0 Å². The van der Waals surface area contributed by atoms with Crippen LogP contribution >= 0.6 is 11.8 Å². The molecule has 0 heterocycles. The van der Waals surface area contributed by atoms with Gasteiger partial charge in [0.1, 0.15) is 9.84 Å². The molecule has 0 spiro atoms. The van der Waals surface area contributed by atoms with Gasteiger partial charge < -0.3 is 10.2 Å². The number of nitrogens with zero attached hydrogens (tertiary/aromatic N) is 1. The zero-order chi connectivity index (χ0) is 12.6. The Morgan fingerprint density at radius 1 is 1.38 bits per heavy atom. The Kier molecular flexibility index (Phi) is 8.45. The molecular weight excluding hydrogens is 244 g/mol. The zero-order valence-corrected chi connectivity index (χ0v) is 12.3. The van der Waals surface area contributed by atoms with Crippen molar-refractivity contribution in [3.63, 3.8) is 0 Å². The molecule has 1 N–H and O–H groups in total. The van der Waals surface area contributed by atoms with E-state index in [2.05, 4.69) is 30.4 Å². The second kappa shape index (κ2) is 8.33. The summed E-state index contributed by atoms with van der Waals surface area (Å²) in [4.78, 5) is 2.28. The summed E-state index contributed by atoms with van der Waals surface area (Å²) in [6, 6.07) is 0.562. The minimum atomic E-state index is -2.83. The molecule has 6 heteroatoms. The Labute approximate surface area is 104 Å². The van der Waals surface area contributed by atoms with Crippen molar-refractivity contribution in [1.29, 1.82) is 0 Å². The molecule has 0 aromatic carbocycles. The number of rotatable bonds is 9. The smallest absolute Gasteiger partial charge is 0.148 e. The molecule has 0 aliphatic rings. The van der Waals surface area contributed by atoms with Crippen molar-refractivity contribution in [2.45, 2.75) is 13.0 Å². The third kappa shape index (κ3) is 9.45. The molecule has 0 saturated heterocycles. The quantitative estimate of drug-likeness (QED) is 0.610. The predicted octanol–water partition coefficient (Wildman–Crippen LogP) is 0.304. The standard InChI is InChI=1S/C10H24N2O2S2/c1-10(9-15-3)12(2)7-5-11-6-8-16(4,13)14/h10-11H,5-9H2,1-4H3. The van der Waals surface area contributed by atoms with Gasteiger partial charge in [0, 0.05) is 37.7 Å². The van der Waals surface area contributed by atoms with Crippen LogP contribution in [0.2, 0.25) is 0 Å². The van der Waals surface area contributed by atoms with Crippen LogP contribution in [0.1, 0.15) is 6.92 Å². The Morgan fingerprint density at radius 2 is 2.00 bits per heavy atom. The van der Waals surface area contributed by atoms with Crippen molar-refractivity contribution in [3.8, 4) is 0 Å². The fraction of sp³-hybridized carbons (Fsp3) is 1.00. The van der Waals surface area contributed by atoms with Crippen LogP contribution in [-0.2, 0) is 9.84 Å². The van der Waals surface area contributed by atoms with Crippen LogP contribution in [0.5, 0.6) is 0 Å². The van der Waals surface area contributed by atoms with Crippen LogP contribution in [0, 0.1) is 0 Å². The van der Waals surface area contributed by atoms with Crippen molar-refractivity contribution < 1.29 is 8.42 Å². The summed E-state index contributed by atoms with van der Waals surface area (Å²) < 4.78 is 21.7. The van der Waals surface area contributed by atoms with Crippen LogP contribution in [-0.4, -0.2) is 70.1 Å². The second-order valence-corrected chi connectivity index (χ2v) is 7.34. The molecule has 0 fully saturated rings. The van der Waals surface area contributed by atoms with E-state index < -0.39 is 9.84 Å². The van der Waals surface area contributed by atoms with E-state index in [4.69, 9.17) is 0 Å². The molecule has 0 bridgehead atoms. The largest absolute Gasteiger partial charge is 0.314 e. The van der Waals surface area contributed by atoms with Gasteiger partial charge >= 0.3 is 0 Å². The average Bonchev–Trinajstić information content (AvgIpc) is 2.15. The maximum Gasteiger partial charge on any atom is 0.148 e. The third-order valence-corrected chi connectivity index (χ3v) is 4.21. The number of nitrogens with one attached hydrogen (secondary N) is 1. The highest BCUT2D eigenvalue weighted by atomic mass is 32.2.